The Morgan fingerprint density at radius 3 is 2.19 bits per heavy atom. The van der Waals surface area contributed by atoms with Gasteiger partial charge in [0.2, 0.25) is 11.8 Å². The number of nitrogens with one attached hydrogen (secondary N) is 1. The minimum Gasteiger partial charge on any atom is -0.489 e. The maximum atomic E-state index is 15.5. The number of pyridine rings is 1. The number of piperidine rings is 1. The van der Waals surface area contributed by atoms with Crippen molar-refractivity contribution in [2.75, 3.05) is 31.1 Å². The van der Waals surface area contributed by atoms with Gasteiger partial charge in [0, 0.05) is 61.4 Å². The molecule has 13 nitrogen and oxygen atoms in total. The molecule has 0 spiro atoms. The average molecular weight is 840 g/mol. The lowest BCUT2D eigenvalue weighted by Gasteiger charge is -2.65. The standard InChI is InChI=1S/C48H50FN7O6/c1-27-22-32(14-9-29(27)25-50)62-46-47(2,3)45(48(46,4)5)55-26-37-33(42(55)59)15-11-30(51-37)10-6-28-7-12-31(13-8-28)53-18-20-54(21-19-53)39-24-35-34(23-36(39)49)43(60)56(44(35)61)38-16-17-40(57)52-41(38)58/h9,11,14-15,22-24,28,31,38,45-46H,7-8,12-13,16-21,26H2,1-5H3,(H,52,57,58)/t28-,31-,38?,45-,46-. The molecule has 5 heterocycles. The summed E-state index contributed by atoms with van der Waals surface area (Å²) in [5.74, 6) is 4.59. The zero-order valence-corrected chi connectivity index (χ0v) is 35.7. The van der Waals surface area contributed by atoms with Crippen molar-refractivity contribution in [3.8, 4) is 23.7 Å². The predicted octanol–water partition coefficient (Wildman–Crippen LogP) is 5.37. The fourth-order valence-electron chi connectivity index (χ4n) is 11.5. The number of benzene rings is 2. The van der Waals surface area contributed by atoms with Gasteiger partial charge < -0.3 is 14.5 Å². The number of rotatable bonds is 6. The molecule has 320 valence electrons. The minimum atomic E-state index is -1.10. The molecule has 5 amide bonds. The third-order valence-electron chi connectivity index (χ3n) is 14.2. The number of imide groups is 2. The number of aromatic nitrogens is 1. The quantitative estimate of drug-likeness (QED) is 0.253. The average Bonchev–Trinajstić information content (AvgIpc) is 3.68. The Morgan fingerprint density at radius 2 is 1.53 bits per heavy atom. The monoisotopic (exact) mass is 839 g/mol. The van der Waals surface area contributed by atoms with Crippen LogP contribution in [-0.4, -0.2) is 99.6 Å². The Morgan fingerprint density at radius 1 is 0.839 bits per heavy atom. The first-order valence-corrected chi connectivity index (χ1v) is 21.6. The first-order chi connectivity index (χ1) is 29.6. The second-order valence-corrected chi connectivity index (χ2v) is 18.8. The lowest BCUT2D eigenvalue weighted by atomic mass is 9.49. The zero-order valence-electron chi connectivity index (χ0n) is 35.7. The number of hydrogen-bond acceptors (Lipinski definition) is 10. The van der Waals surface area contributed by atoms with E-state index in [4.69, 9.17) is 9.72 Å². The molecule has 2 saturated heterocycles. The number of carbonyl (C=O) groups is 5. The summed E-state index contributed by atoms with van der Waals surface area (Å²) in [4.78, 5) is 76.5. The summed E-state index contributed by atoms with van der Waals surface area (Å²) in [5.41, 5.74) is 3.10. The molecule has 6 aliphatic rings. The molecule has 2 saturated carbocycles. The largest absolute Gasteiger partial charge is 0.489 e. The van der Waals surface area contributed by atoms with E-state index < -0.39 is 35.5 Å². The molecule has 4 aliphatic heterocycles. The third kappa shape index (κ3) is 6.89. The molecular formula is C48H50FN7O6. The summed E-state index contributed by atoms with van der Waals surface area (Å²) in [6, 6.07) is 13.2. The Labute approximate surface area is 360 Å². The molecule has 1 N–H and O–H groups in total. The van der Waals surface area contributed by atoms with Crippen LogP contribution in [0.3, 0.4) is 0 Å². The van der Waals surface area contributed by atoms with Gasteiger partial charge in [-0.2, -0.15) is 5.26 Å². The number of nitrogens with zero attached hydrogens (tertiary/aromatic N) is 6. The molecule has 4 fully saturated rings. The van der Waals surface area contributed by atoms with E-state index in [9.17, 15) is 29.2 Å². The smallest absolute Gasteiger partial charge is 0.262 e. The molecule has 62 heavy (non-hydrogen) atoms. The van der Waals surface area contributed by atoms with Crippen LogP contribution in [0.4, 0.5) is 10.1 Å². The van der Waals surface area contributed by atoms with Gasteiger partial charge in [-0.1, -0.05) is 33.6 Å². The molecule has 0 radical (unpaired) electrons. The van der Waals surface area contributed by atoms with Gasteiger partial charge in [-0.15, -0.1) is 0 Å². The van der Waals surface area contributed by atoms with Crippen molar-refractivity contribution >= 4 is 35.2 Å². The van der Waals surface area contributed by atoms with Crippen LogP contribution in [-0.2, 0) is 16.1 Å². The van der Waals surface area contributed by atoms with Crippen LogP contribution in [0.25, 0.3) is 0 Å². The van der Waals surface area contributed by atoms with E-state index in [-0.39, 0.29) is 64.5 Å². The van der Waals surface area contributed by atoms with Crippen molar-refractivity contribution in [2.45, 2.75) is 104 Å². The molecular weight excluding hydrogens is 790 g/mol. The van der Waals surface area contributed by atoms with Gasteiger partial charge in [-0.05, 0) is 93.0 Å². The third-order valence-corrected chi connectivity index (χ3v) is 14.2. The highest BCUT2D eigenvalue weighted by Crippen LogP contribution is 2.59. The number of fused-ring (bicyclic) bond motifs is 2. The van der Waals surface area contributed by atoms with Crippen LogP contribution in [0.15, 0.2) is 42.5 Å². The number of amides is 5. The number of hydrogen-bond donors (Lipinski definition) is 1. The number of ether oxygens (including phenoxy) is 1. The van der Waals surface area contributed by atoms with Gasteiger partial charge in [0.25, 0.3) is 17.7 Å². The summed E-state index contributed by atoms with van der Waals surface area (Å²) in [5, 5.41) is 11.5. The lowest BCUT2D eigenvalue weighted by Crippen LogP contribution is -2.74. The Hall–Kier alpha value is -6.12. The van der Waals surface area contributed by atoms with E-state index in [1.54, 1.807) is 6.07 Å². The fourth-order valence-corrected chi connectivity index (χ4v) is 11.5. The molecule has 1 unspecified atom stereocenters. The molecule has 1 atom stereocenters. The summed E-state index contributed by atoms with van der Waals surface area (Å²) < 4.78 is 22.1. The van der Waals surface area contributed by atoms with Crippen molar-refractivity contribution in [3.05, 3.63) is 87.5 Å². The van der Waals surface area contributed by atoms with E-state index in [2.05, 4.69) is 55.8 Å². The normalized spacial score (nSPS) is 26.6. The first-order valence-electron chi connectivity index (χ1n) is 21.6. The van der Waals surface area contributed by atoms with Crippen molar-refractivity contribution in [2.24, 2.45) is 16.7 Å². The topological polar surface area (TPSA) is 156 Å². The summed E-state index contributed by atoms with van der Waals surface area (Å²) in [7, 11) is 0. The zero-order chi connectivity index (χ0) is 43.8. The lowest BCUT2D eigenvalue weighted by molar-refractivity contribution is -0.199. The van der Waals surface area contributed by atoms with Gasteiger partial charge >= 0.3 is 0 Å². The number of aryl methyl sites for hydroxylation is 1. The van der Waals surface area contributed by atoms with Crippen molar-refractivity contribution in [1.82, 2.24) is 25.0 Å². The van der Waals surface area contributed by atoms with E-state index >= 15 is 4.39 Å². The predicted molar refractivity (Wildman–Crippen MR) is 225 cm³/mol. The van der Waals surface area contributed by atoms with Gasteiger partial charge in [0.1, 0.15) is 29.4 Å². The van der Waals surface area contributed by atoms with E-state index in [0.717, 1.165) is 61.0 Å². The van der Waals surface area contributed by atoms with Crippen LogP contribution in [0.5, 0.6) is 5.75 Å². The highest BCUT2D eigenvalue weighted by Gasteiger charge is 2.67. The first kappa shape index (κ1) is 41.2. The van der Waals surface area contributed by atoms with E-state index in [0.29, 0.717) is 48.2 Å². The maximum Gasteiger partial charge on any atom is 0.262 e. The van der Waals surface area contributed by atoms with E-state index in [1.807, 2.05) is 41.0 Å². The number of nitriles is 1. The van der Waals surface area contributed by atoms with Gasteiger partial charge in [-0.25, -0.2) is 9.37 Å². The van der Waals surface area contributed by atoms with E-state index in [1.165, 1.54) is 6.07 Å². The van der Waals surface area contributed by atoms with Gasteiger partial charge in [-0.3, -0.25) is 39.1 Å². The highest BCUT2D eigenvalue weighted by molar-refractivity contribution is 6.23. The van der Waals surface area contributed by atoms with Gasteiger partial charge in [0.05, 0.1) is 46.2 Å². The van der Waals surface area contributed by atoms with Crippen molar-refractivity contribution in [1.29, 1.82) is 5.26 Å². The van der Waals surface area contributed by atoms with Gasteiger partial charge in [0.15, 0.2) is 0 Å². The number of anilines is 1. The fraction of sp³-hybridized carbons (Fsp3) is 0.479. The number of carbonyl (C=O) groups excluding carboxylic acids is 5. The molecule has 2 aromatic carbocycles. The summed E-state index contributed by atoms with van der Waals surface area (Å²) in [6.45, 7) is 13.5. The second-order valence-electron chi connectivity index (χ2n) is 18.8. The Bertz CT molecular complexity index is 2520. The Kier molecular flexibility index (Phi) is 10.2. The Balaban J connectivity index is 0.778. The van der Waals surface area contributed by atoms with Crippen LogP contribution >= 0.6 is 0 Å². The molecule has 3 aromatic rings. The minimum absolute atomic E-state index is 0.0140. The molecule has 1 aromatic heterocycles. The molecule has 9 rings (SSSR count). The van der Waals surface area contributed by atoms with Crippen LogP contribution in [0.1, 0.15) is 120 Å². The number of piperazine rings is 1. The second kappa shape index (κ2) is 15.3. The maximum absolute atomic E-state index is 15.5. The van der Waals surface area contributed by atoms with Crippen LogP contribution in [0, 0.1) is 52.7 Å². The highest BCUT2D eigenvalue weighted by atomic mass is 19.1. The molecule has 14 heteroatoms. The van der Waals surface area contributed by atoms with Crippen LogP contribution < -0.4 is 15.0 Å². The summed E-state index contributed by atoms with van der Waals surface area (Å²) in [6.07, 6.45) is 3.78. The van der Waals surface area contributed by atoms with Crippen LogP contribution in [0.2, 0.25) is 0 Å². The van der Waals surface area contributed by atoms with Crippen molar-refractivity contribution < 1.29 is 33.1 Å². The molecule has 2 aliphatic carbocycles. The molecule has 0 bridgehead atoms. The summed E-state index contributed by atoms with van der Waals surface area (Å²) >= 11 is 0. The van der Waals surface area contributed by atoms with Crippen molar-refractivity contribution in [3.63, 3.8) is 0 Å². The number of halogens is 1. The SMILES string of the molecule is Cc1cc(O[C@H]2C(C)(C)[C@H](N3Cc4nc(C#C[C@H]5CC[C@H](N6CCN(c7cc8c(cc7F)C(=O)N(C7CCC(=O)NC7=O)C8=O)CC6)CC5)ccc4C3=O)C2(C)C)ccc1C#N.